The van der Waals surface area contributed by atoms with Crippen LogP contribution in [0.25, 0.3) is 0 Å². The molecule has 0 radical (unpaired) electrons. The standard InChI is InChI=1S/C18H28ClN/c1-4-11-20-18(15-8-5-13(2)6-9-15)16-10-7-14(3)12-17(16)19/h7,10,12-13,15,18,20H,4-6,8-9,11H2,1-3H3. The van der Waals surface area contributed by atoms with E-state index >= 15 is 0 Å². The van der Waals surface area contributed by atoms with Gasteiger partial charge in [-0.2, -0.15) is 0 Å². The summed E-state index contributed by atoms with van der Waals surface area (Å²) in [6, 6.07) is 6.94. The molecule has 0 amide bonds. The van der Waals surface area contributed by atoms with Gasteiger partial charge in [0.2, 0.25) is 0 Å². The number of rotatable bonds is 5. The van der Waals surface area contributed by atoms with Gasteiger partial charge >= 0.3 is 0 Å². The zero-order valence-corrected chi connectivity index (χ0v) is 13.8. The molecule has 1 aliphatic rings. The molecule has 0 bridgehead atoms. The normalized spacial score (nSPS) is 24.6. The molecule has 1 fully saturated rings. The highest BCUT2D eigenvalue weighted by Gasteiger charge is 2.28. The van der Waals surface area contributed by atoms with Crippen molar-refractivity contribution in [2.75, 3.05) is 6.54 Å². The van der Waals surface area contributed by atoms with Gasteiger partial charge in [0.1, 0.15) is 0 Å². The molecule has 1 aliphatic carbocycles. The second-order valence-corrected chi connectivity index (χ2v) is 6.88. The largest absolute Gasteiger partial charge is 0.310 e. The van der Waals surface area contributed by atoms with E-state index in [0.29, 0.717) is 6.04 Å². The number of aryl methyl sites for hydroxylation is 1. The maximum atomic E-state index is 6.51. The van der Waals surface area contributed by atoms with Gasteiger partial charge in [-0.3, -0.25) is 0 Å². The molecule has 0 aromatic heterocycles. The summed E-state index contributed by atoms with van der Waals surface area (Å²) in [6.07, 6.45) is 6.54. The predicted molar refractivity (Wildman–Crippen MR) is 88.3 cm³/mol. The smallest absolute Gasteiger partial charge is 0.0456 e. The summed E-state index contributed by atoms with van der Waals surface area (Å²) in [5, 5.41) is 4.67. The van der Waals surface area contributed by atoms with Crippen molar-refractivity contribution < 1.29 is 0 Å². The van der Waals surface area contributed by atoms with Crippen LogP contribution in [0.1, 0.15) is 63.1 Å². The van der Waals surface area contributed by atoms with Gasteiger partial charge in [-0.1, -0.05) is 50.4 Å². The van der Waals surface area contributed by atoms with Crippen LogP contribution in [-0.4, -0.2) is 6.54 Å². The first-order valence-electron chi connectivity index (χ1n) is 8.11. The Hall–Kier alpha value is -0.530. The van der Waals surface area contributed by atoms with Crippen LogP contribution in [-0.2, 0) is 0 Å². The Bertz CT molecular complexity index is 421. The molecule has 0 heterocycles. The van der Waals surface area contributed by atoms with Crippen molar-refractivity contribution in [3.8, 4) is 0 Å². The number of nitrogens with one attached hydrogen (secondary N) is 1. The van der Waals surface area contributed by atoms with Crippen molar-refractivity contribution >= 4 is 11.6 Å². The topological polar surface area (TPSA) is 12.0 Å². The summed E-state index contributed by atoms with van der Waals surface area (Å²) in [7, 11) is 0. The number of benzene rings is 1. The van der Waals surface area contributed by atoms with E-state index in [4.69, 9.17) is 11.6 Å². The van der Waals surface area contributed by atoms with Crippen molar-refractivity contribution in [3.05, 3.63) is 34.3 Å². The zero-order valence-electron chi connectivity index (χ0n) is 13.1. The second-order valence-electron chi connectivity index (χ2n) is 6.48. The van der Waals surface area contributed by atoms with E-state index in [2.05, 4.69) is 44.3 Å². The molecule has 0 aliphatic heterocycles. The van der Waals surface area contributed by atoms with Gasteiger partial charge in [-0.25, -0.2) is 0 Å². The average Bonchev–Trinajstić information content (AvgIpc) is 2.42. The summed E-state index contributed by atoms with van der Waals surface area (Å²) >= 11 is 6.51. The van der Waals surface area contributed by atoms with Crippen molar-refractivity contribution in [3.63, 3.8) is 0 Å². The second kappa shape index (κ2) is 7.47. The van der Waals surface area contributed by atoms with Crippen molar-refractivity contribution in [2.45, 2.75) is 58.9 Å². The highest BCUT2D eigenvalue weighted by molar-refractivity contribution is 6.31. The van der Waals surface area contributed by atoms with Gasteiger partial charge in [-0.05, 0) is 61.8 Å². The van der Waals surface area contributed by atoms with Crippen LogP contribution in [0.2, 0.25) is 5.02 Å². The van der Waals surface area contributed by atoms with Crippen molar-refractivity contribution in [2.24, 2.45) is 11.8 Å². The lowest BCUT2D eigenvalue weighted by molar-refractivity contribution is 0.231. The molecule has 0 spiro atoms. The molecule has 2 heteroatoms. The summed E-state index contributed by atoms with van der Waals surface area (Å²) in [4.78, 5) is 0. The van der Waals surface area contributed by atoms with E-state index in [1.165, 1.54) is 43.2 Å². The summed E-state index contributed by atoms with van der Waals surface area (Å²) < 4.78 is 0. The van der Waals surface area contributed by atoms with Crippen LogP contribution in [0.5, 0.6) is 0 Å². The SMILES string of the molecule is CCCNC(c1ccc(C)cc1Cl)C1CCC(C)CC1. The lowest BCUT2D eigenvalue weighted by Crippen LogP contribution is -2.31. The van der Waals surface area contributed by atoms with E-state index in [1.54, 1.807) is 0 Å². The minimum absolute atomic E-state index is 0.426. The quantitative estimate of drug-likeness (QED) is 0.754. The van der Waals surface area contributed by atoms with E-state index in [0.717, 1.165) is 23.4 Å². The molecule has 1 atom stereocenters. The molecule has 112 valence electrons. The monoisotopic (exact) mass is 293 g/mol. The van der Waals surface area contributed by atoms with Gasteiger partial charge in [0.05, 0.1) is 0 Å². The van der Waals surface area contributed by atoms with Gasteiger partial charge < -0.3 is 5.32 Å². The molecule has 20 heavy (non-hydrogen) atoms. The van der Waals surface area contributed by atoms with Crippen molar-refractivity contribution in [1.82, 2.24) is 5.32 Å². The first kappa shape index (κ1) is 15.9. The first-order chi connectivity index (χ1) is 9.61. The summed E-state index contributed by atoms with van der Waals surface area (Å²) in [5.41, 5.74) is 2.54. The third kappa shape index (κ3) is 3.99. The lowest BCUT2D eigenvalue weighted by Gasteiger charge is -2.34. The highest BCUT2D eigenvalue weighted by Crippen LogP contribution is 2.39. The van der Waals surface area contributed by atoms with Gasteiger partial charge in [0, 0.05) is 11.1 Å². The fraction of sp³-hybridized carbons (Fsp3) is 0.667. The molecular formula is C18H28ClN. The Morgan fingerprint density at radius 1 is 1.25 bits per heavy atom. The fourth-order valence-electron chi connectivity index (χ4n) is 3.33. The molecule has 1 unspecified atom stereocenters. The minimum atomic E-state index is 0.426. The van der Waals surface area contributed by atoms with Crippen LogP contribution in [0, 0.1) is 18.8 Å². The Morgan fingerprint density at radius 3 is 2.55 bits per heavy atom. The zero-order chi connectivity index (χ0) is 14.5. The van der Waals surface area contributed by atoms with Crippen molar-refractivity contribution in [1.29, 1.82) is 0 Å². The maximum absolute atomic E-state index is 6.51. The van der Waals surface area contributed by atoms with Crippen LogP contribution >= 0.6 is 11.6 Å². The van der Waals surface area contributed by atoms with Crippen LogP contribution < -0.4 is 5.32 Å². The van der Waals surface area contributed by atoms with E-state index in [1.807, 2.05) is 0 Å². The third-order valence-electron chi connectivity index (χ3n) is 4.64. The Balaban J connectivity index is 2.17. The van der Waals surface area contributed by atoms with E-state index in [-0.39, 0.29) is 0 Å². The molecule has 1 aromatic rings. The molecule has 1 aromatic carbocycles. The average molecular weight is 294 g/mol. The van der Waals surface area contributed by atoms with E-state index < -0.39 is 0 Å². The highest BCUT2D eigenvalue weighted by atomic mass is 35.5. The lowest BCUT2D eigenvalue weighted by atomic mass is 9.77. The predicted octanol–water partition coefficient (Wildman–Crippen LogP) is 5.52. The molecular weight excluding hydrogens is 266 g/mol. The number of hydrogen-bond donors (Lipinski definition) is 1. The summed E-state index contributed by atoms with van der Waals surface area (Å²) in [5.74, 6) is 1.63. The minimum Gasteiger partial charge on any atom is -0.310 e. The Morgan fingerprint density at radius 2 is 1.95 bits per heavy atom. The molecule has 1 nitrogen and oxygen atoms in total. The maximum Gasteiger partial charge on any atom is 0.0456 e. The number of hydrogen-bond acceptors (Lipinski definition) is 1. The van der Waals surface area contributed by atoms with Gasteiger partial charge in [0.25, 0.3) is 0 Å². The van der Waals surface area contributed by atoms with Gasteiger partial charge in [0.15, 0.2) is 0 Å². The number of halogens is 1. The molecule has 2 rings (SSSR count). The van der Waals surface area contributed by atoms with Crippen LogP contribution in [0.3, 0.4) is 0 Å². The molecule has 1 saturated carbocycles. The molecule has 1 N–H and O–H groups in total. The Labute approximate surface area is 129 Å². The summed E-state index contributed by atoms with van der Waals surface area (Å²) in [6.45, 7) is 7.78. The fourth-order valence-corrected chi connectivity index (χ4v) is 3.69. The first-order valence-corrected chi connectivity index (χ1v) is 8.49. The van der Waals surface area contributed by atoms with E-state index in [9.17, 15) is 0 Å². The van der Waals surface area contributed by atoms with Crippen LogP contribution in [0.15, 0.2) is 18.2 Å². The Kier molecular flexibility index (Phi) is 5.92. The van der Waals surface area contributed by atoms with Gasteiger partial charge in [-0.15, -0.1) is 0 Å². The van der Waals surface area contributed by atoms with Crippen LogP contribution in [0.4, 0.5) is 0 Å². The molecule has 0 saturated heterocycles. The third-order valence-corrected chi connectivity index (χ3v) is 4.96.